The normalized spacial score (nSPS) is 11.5. The van der Waals surface area contributed by atoms with E-state index in [4.69, 9.17) is 65.2 Å². The number of hydrogen-bond donors (Lipinski definition) is 0. The van der Waals surface area contributed by atoms with Crippen molar-refractivity contribution in [1.29, 1.82) is 21.6 Å². The maximum atomic E-state index is 9.72. The zero-order valence-electron chi connectivity index (χ0n) is 23.6. The Labute approximate surface area is 334 Å². The summed E-state index contributed by atoms with van der Waals surface area (Å²) >= 11 is 0. The van der Waals surface area contributed by atoms with Gasteiger partial charge in [-0.1, -0.05) is 37.7 Å². The standard InChI is InChI=1S/2C2H2N5.C2H2N4O2.2CH4O3S.CH4.N2.HNO2.H2N.4Na.H2/c2*3-6-2-4-1-5-7-2;7-6(8)2-3-1-4-5-2;2*1-5(2,3)4;;1-2;2-1-3;;;;;;/h2*1H2;1H2;2*1H3,(H,2,3,4);1H4;;(H,2,3);1H2;;;;;1H/q2*+1;;;;;;;-1;4*+1;/p-3/i;;;;;;;;;;;;;1+1/hT. The predicted octanol–water partition coefficient (Wildman–Crippen LogP) is -10.5. The van der Waals surface area contributed by atoms with Crippen molar-refractivity contribution in [2.24, 2.45) is 51.0 Å². The molecule has 0 fully saturated rings. The smallest absolute Gasteiger partial charge is 0.748 e. The monoisotopic (exact) mass is 699 g/mol. The number of guanidine groups is 3. The molecule has 0 saturated carbocycles. The first-order valence-electron chi connectivity index (χ1n) is 8.16. The van der Waals surface area contributed by atoms with Gasteiger partial charge >= 0.3 is 136 Å². The second-order valence-electron chi connectivity index (χ2n) is 4.46. The van der Waals surface area contributed by atoms with Crippen molar-refractivity contribution < 1.29 is 152 Å². The first-order chi connectivity index (χ1) is 18.1. The number of aliphatic imine (C=N–C) groups is 3. The molecule has 220 valence electrons. The van der Waals surface area contributed by atoms with Crippen LogP contribution in [0, 0.1) is 41.8 Å². The molecule has 43 heavy (non-hydrogen) atoms. The molecular formula is C9H20N18Na4O10S2+2. The van der Waals surface area contributed by atoms with Gasteiger partial charge in [0.1, 0.15) is 0 Å². The molecule has 28 nitrogen and oxygen atoms in total. The van der Waals surface area contributed by atoms with Gasteiger partial charge in [-0.25, -0.2) is 16.8 Å². The van der Waals surface area contributed by atoms with E-state index >= 15 is 0 Å². The zero-order valence-corrected chi connectivity index (χ0v) is 32.3. The fourth-order valence-corrected chi connectivity index (χ4v) is 0.862. The van der Waals surface area contributed by atoms with Gasteiger partial charge in [0.05, 0.1) is 46.4 Å². The quantitative estimate of drug-likeness (QED) is 0.0566. The van der Waals surface area contributed by atoms with Gasteiger partial charge in [-0.2, -0.15) is 1.41 Å². The summed E-state index contributed by atoms with van der Waals surface area (Å²) in [6.07, 6.45) is 6.21. The van der Waals surface area contributed by atoms with Gasteiger partial charge < -0.3 is 35.5 Å². The molecule has 0 saturated heterocycles. The van der Waals surface area contributed by atoms with Crippen LogP contribution in [0.15, 0.2) is 51.0 Å². The molecule has 0 radical (unpaired) electrons. The van der Waals surface area contributed by atoms with Gasteiger partial charge in [0, 0.05) is 24.7 Å². The molecule has 0 unspecified atom stereocenters. The van der Waals surface area contributed by atoms with Crippen LogP contribution in [0.3, 0.4) is 0 Å². The molecule has 3 aliphatic heterocycles. The van der Waals surface area contributed by atoms with Gasteiger partial charge in [0.2, 0.25) is 20.0 Å². The van der Waals surface area contributed by atoms with Crippen LogP contribution in [-0.2, 0) is 20.2 Å². The summed E-state index contributed by atoms with van der Waals surface area (Å²) in [5, 5.41) is 66.3. The minimum Gasteiger partial charge on any atom is -0.748 e. The molecule has 0 amide bonds. The van der Waals surface area contributed by atoms with Crippen LogP contribution < -0.4 is 118 Å². The van der Waals surface area contributed by atoms with E-state index in [1.54, 1.807) is 0 Å². The van der Waals surface area contributed by atoms with Crippen molar-refractivity contribution in [3.05, 3.63) is 36.3 Å². The van der Waals surface area contributed by atoms with Gasteiger partial charge in [-0.3, -0.25) is 0 Å². The van der Waals surface area contributed by atoms with Crippen LogP contribution in [0.5, 0.6) is 0 Å². The molecule has 2 N–H and O–H groups in total. The van der Waals surface area contributed by atoms with E-state index in [0.717, 1.165) is 5.34 Å². The van der Waals surface area contributed by atoms with Gasteiger partial charge in [0.15, 0.2) is 0 Å². The molecule has 0 atom stereocenters. The maximum absolute atomic E-state index is 9.72. The Kier molecular flexibility index (Phi) is 67.7. The van der Waals surface area contributed by atoms with Gasteiger partial charge in [0.25, 0.3) is 0 Å². The Bertz CT molecular complexity index is 1160. The molecule has 3 rings (SSSR count). The third kappa shape index (κ3) is 79.4. The Morgan fingerprint density at radius 3 is 1.16 bits per heavy atom. The fourth-order valence-electron chi connectivity index (χ4n) is 0.862. The molecule has 34 heteroatoms. The summed E-state index contributed by atoms with van der Waals surface area (Å²) < 4.78 is 59.5. The van der Waals surface area contributed by atoms with Crippen molar-refractivity contribution in [2.45, 2.75) is 7.43 Å². The van der Waals surface area contributed by atoms with E-state index in [1.807, 2.05) is 0 Å². The van der Waals surface area contributed by atoms with Crippen molar-refractivity contribution >= 4 is 38.1 Å². The molecule has 3 aliphatic rings. The summed E-state index contributed by atoms with van der Waals surface area (Å²) in [6.45, 7) is 0.676. The molecule has 0 bridgehead atoms. The molecule has 3 heterocycles. The number of rotatable bonds is 0. The largest absolute Gasteiger partial charge is 1.00 e. The average molecular weight is 699 g/mol. The summed E-state index contributed by atoms with van der Waals surface area (Å²) in [7, 11) is -7.83. The van der Waals surface area contributed by atoms with Crippen molar-refractivity contribution in [3.8, 4) is 0 Å². The van der Waals surface area contributed by atoms with Crippen LogP contribution in [0.4, 0.5) is 0 Å². The summed E-state index contributed by atoms with van der Waals surface area (Å²) in [6, 6.07) is 0. The van der Waals surface area contributed by atoms with E-state index in [0.29, 0.717) is 25.8 Å². The van der Waals surface area contributed by atoms with Crippen molar-refractivity contribution in [3.63, 3.8) is 0 Å². The molecule has 0 aromatic carbocycles. The topological polar surface area (TPSA) is 459 Å². The third-order valence-electron chi connectivity index (χ3n) is 1.65. The number of nitrogens with two attached hydrogens (primary N) is 1. The molecule has 0 aromatic heterocycles. The van der Waals surface area contributed by atoms with Crippen LogP contribution in [0.1, 0.15) is 8.85 Å². The first kappa shape index (κ1) is 64.6. The van der Waals surface area contributed by atoms with Crippen LogP contribution >= 0.6 is 0 Å². The van der Waals surface area contributed by atoms with E-state index < -0.39 is 31.1 Å². The Balaban J connectivity index is -0.0000000332. The van der Waals surface area contributed by atoms with Gasteiger partial charge in [-0.15, -0.1) is 5.34 Å². The first-order valence-corrected chi connectivity index (χ1v) is 11.3. The molecule has 0 aliphatic carbocycles. The summed E-state index contributed by atoms with van der Waals surface area (Å²) in [5.41, 5.74) is 0. The summed E-state index contributed by atoms with van der Waals surface area (Å²) in [4.78, 5) is 32.8. The van der Waals surface area contributed by atoms with Crippen LogP contribution in [0.25, 0.3) is 16.1 Å². The predicted molar refractivity (Wildman–Crippen MR) is 127 cm³/mol. The van der Waals surface area contributed by atoms with E-state index in [9.17, 15) is 10.1 Å². The number of hydrogen-bond acceptors (Lipinski definition) is 24. The SMILES string of the molecule is C.CS(=O)(=O)[O-].CS(=O)(=O)[O-].N#N.N#[N+]C1=NCN=N1.N#[N+]C1=NCN=N1.O=N[O-].O=[N+]([O-])C1=NCN=N1.[2HH].[3H][NH-].[Na+].[Na+].[Na+].[Na+]. The van der Waals surface area contributed by atoms with Crippen LogP contribution in [-0.4, -0.2) is 81.3 Å². The number of nitrogens with zero attached hydrogens (tertiary/aromatic N) is 17. The van der Waals surface area contributed by atoms with Crippen molar-refractivity contribution in [2.75, 3.05) is 32.5 Å². The Morgan fingerprint density at radius 1 is 0.837 bits per heavy atom. The average Bonchev–Trinajstić information content (AvgIpc) is 3.64. The maximum Gasteiger partial charge on any atom is 1.00 e. The third-order valence-corrected chi connectivity index (χ3v) is 1.65. The summed E-state index contributed by atoms with van der Waals surface area (Å²) in [5.74, 6) is -0.287. The zero-order chi connectivity index (χ0) is 31.9. The Hall–Kier alpha value is -1.35. The molecule has 0 aromatic rings. The fraction of sp³-hybridized carbons (Fsp3) is 0.667. The minimum atomic E-state index is -3.92. The number of nitro groups is 1. The number of diazo groups is 2. The van der Waals surface area contributed by atoms with Crippen molar-refractivity contribution in [1.82, 2.24) is 0 Å². The second-order valence-corrected chi connectivity index (χ2v) is 7.28. The van der Waals surface area contributed by atoms with E-state index in [2.05, 4.69) is 55.6 Å². The second kappa shape index (κ2) is 45.1. The van der Waals surface area contributed by atoms with E-state index in [-0.39, 0.29) is 146 Å². The molecule has 0 spiro atoms. The van der Waals surface area contributed by atoms with E-state index in [1.165, 1.54) is 0 Å². The number of azo groups is 3. The Morgan fingerprint density at radius 2 is 1.07 bits per heavy atom. The van der Waals surface area contributed by atoms with Gasteiger partial charge in [-0.05, 0) is 14.9 Å². The molecular weight excluding hydrogens is 676 g/mol. The minimum absolute atomic E-state index is 0. The van der Waals surface area contributed by atoms with Crippen LogP contribution in [0.2, 0.25) is 1.41 Å².